The van der Waals surface area contributed by atoms with Crippen molar-refractivity contribution in [3.63, 3.8) is 0 Å². The van der Waals surface area contributed by atoms with Crippen molar-refractivity contribution >= 4 is 17.9 Å². The molecule has 350 valence electrons. The average molecular weight is 851 g/mol. The molecule has 1 atom stereocenters. The Morgan fingerprint density at radius 3 is 1.10 bits per heavy atom. The van der Waals surface area contributed by atoms with Crippen LogP contribution in [0.25, 0.3) is 0 Å². The lowest BCUT2D eigenvalue weighted by Crippen LogP contribution is -2.30. The van der Waals surface area contributed by atoms with Gasteiger partial charge >= 0.3 is 17.9 Å². The Kier molecular flexibility index (Phi) is 46.9. The molecule has 6 heteroatoms. The lowest BCUT2D eigenvalue weighted by Gasteiger charge is -2.18. The number of ether oxygens (including phenoxy) is 3. The van der Waals surface area contributed by atoms with Crippen LogP contribution in [0.5, 0.6) is 0 Å². The maximum Gasteiger partial charge on any atom is 0.306 e. The van der Waals surface area contributed by atoms with E-state index in [0.29, 0.717) is 19.3 Å². The zero-order chi connectivity index (χ0) is 44.4. The number of carbonyl (C=O) groups is 3. The van der Waals surface area contributed by atoms with Crippen LogP contribution in [0.2, 0.25) is 0 Å². The highest BCUT2D eigenvalue weighted by Crippen LogP contribution is 2.15. The van der Waals surface area contributed by atoms with Crippen molar-refractivity contribution in [2.24, 2.45) is 0 Å². The molecule has 1 unspecified atom stereocenters. The SMILES string of the molecule is CC/C=C\C/C=C\C/C=C\C/C=C\CCCCC(=O)OCC(COC(=O)CCCCCCC/C=C\C/C=C\CCC)OC(=O)CCCCCCCCCCCCCCCCC. The van der Waals surface area contributed by atoms with E-state index < -0.39 is 6.10 Å². The van der Waals surface area contributed by atoms with Crippen LogP contribution in [0.3, 0.4) is 0 Å². The van der Waals surface area contributed by atoms with Crippen LogP contribution in [-0.2, 0) is 28.6 Å². The molecule has 0 aromatic heterocycles. The van der Waals surface area contributed by atoms with Crippen molar-refractivity contribution in [1.82, 2.24) is 0 Å². The first kappa shape index (κ1) is 57.9. The Labute approximate surface area is 376 Å². The number of esters is 3. The Bertz CT molecular complexity index is 1160. The van der Waals surface area contributed by atoms with Gasteiger partial charge in [0.1, 0.15) is 13.2 Å². The van der Waals surface area contributed by atoms with Gasteiger partial charge in [0.25, 0.3) is 0 Å². The van der Waals surface area contributed by atoms with E-state index in [1.807, 2.05) is 0 Å². The molecule has 0 saturated carbocycles. The molecule has 0 aromatic rings. The van der Waals surface area contributed by atoms with E-state index in [0.717, 1.165) is 116 Å². The van der Waals surface area contributed by atoms with Crippen LogP contribution in [0.4, 0.5) is 0 Å². The summed E-state index contributed by atoms with van der Waals surface area (Å²) in [6.07, 6.45) is 61.7. The minimum Gasteiger partial charge on any atom is -0.462 e. The molecule has 61 heavy (non-hydrogen) atoms. The number of hydrogen-bond donors (Lipinski definition) is 0. The van der Waals surface area contributed by atoms with Crippen LogP contribution in [0.1, 0.15) is 239 Å². The second kappa shape index (κ2) is 49.5. The van der Waals surface area contributed by atoms with E-state index in [1.165, 1.54) is 83.5 Å². The van der Waals surface area contributed by atoms with Crippen LogP contribution in [0, 0.1) is 0 Å². The quantitative estimate of drug-likeness (QED) is 0.0263. The van der Waals surface area contributed by atoms with Gasteiger partial charge < -0.3 is 14.2 Å². The normalized spacial score (nSPS) is 12.6. The zero-order valence-electron chi connectivity index (χ0n) is 39.9. The highest BCUT2D eigenvalue weighted by Gasteiger charge is 2.19. The molecule has 0 N–H and O–H groups in total. The summed E-state index contributed by atoms with van der Waals surface area (Å²) in [5.74, 6) is -0.948. The third kappa shape index (κ3) is 47.7. The fourth-order valence-electron chi connectivity index (χ4n) is 6.88. The summed E-state index contributed by atoms with van der Waals surface area (Å²) in [4.78, 5) is 37.9. The Morgan fingerprint density at radius 2 is 0.672 bits per heavy atom. The van der Waals surface area contributed by atoms with Gasteiger partial charge in [0.05, 0.1) is 0 Å². The Hall–Kier alpha value is -3.15. The average Bonchev–Trinajstić information content (AvgIpc) is 3.26. The maximum absolute atomic E-state index is 12.8. The van der Waals surface area contributed by atoms with E-state index in [2.05, 4.69) is 93.7 Å². The van der Waals surface area contributed by atoms with E-state index in [-0.39, 0.29) is 31.1 Å². The van der Waals surface area contributed by atoms with E-state index in [9.17, 15) is 14.4 Å². The molecule has 0 bridgehead atoms. The number of hydrogen-bond acceptors (Lipinski definition) is 6. The molecular formula is C55H94O6. The standard InChI is InChI=1S/C55H94O6/c1-4-7-10-13-16-19-22-25-27-30-33-36-39-42-45-48-54(57)60-51-52(50-59-53(56)47-44-41-38-35-32-29-24-21-18-15-12-9-6-3)61-55(58)49-46-43-40-37-34-31-28-26-23-20-17-14-11-8-5-2/h7,10,12,15-16,19,21,24-25,27,33,36,52H,4-6,8-9,11,13-14,17-18,20,22-23,26,28-32,34-35,37-51H2,1-3H3/b10-7-,15-12-,19-16-,24-21-,27-25-,36-33-. The van der Waals surface area contributed by atoms with Crippen molar-refractivity contribution in [3.05, 3.63) is 72.9 Å². The second-order valence-electron chi connectivity index (χ2n) is 16.7. The highest BCUT2D eigenvalue weighted by molar-refractivity contribution is 5.71. The first-order valence-electron chi connectivity index (χ1n) is 25.4. The van der Waals surface area contributed by atoms with Crippen LogP contribution in [0.15, 0.2) is 72.9 Å². The Morgan fingerprint density at radius 1 is 0.344 bits per heavy atom. The molecular weight excluding hydrogens is 757 g/mol. The molecule has 0 rings (SSSR count). The smallest absolute Gasteiger partial charge is 0.306 e. The largest absolute Gasteiger partial charge is 0.462 e. The fourth-order valence-corrected chi connectivity index (χ4v) is 6.88. The van der Waals surface area contributed by atoms with Crippen molar-refractivity contribution in [1.29, 1.82) is 0 Å². The molecule has 0 radical (unpaired) electrons. The molecule has 0 aliphatic rings. The third-order valence-corrected chi connectivity index (χ3v) is 10.7. The van der Waals surface area contributed by atoms with Crippen LogP contribution in [-0.4, -0.2) is 37.2 Å². The van der Waals surface area contributed by atoms with Gasteiger partial charge in [0.15, 0.2) is 6.10 Å². The fraction of sp³-hybridized carbons (Fsp3) is 0.727. The minimum atomic E-state index is -0.795. The first-order valence-corrected chi connectivity index (χ1v) is 25.4. The maximum atomic E-state index is 12.8. The monoisotopic (exact) mass is 851 g/mol. The molecule has 0 aliphatic heterocycles. The molecule has 0 fully saturated rings. The topological polar surface area (TPSA) is 78.9 Å². The molecule has 0 saturated heterocycles. The van der Waals surface area contributed by atoms with Gasteiger partial charge in [-0.3, -0.25) is 14.4 Å². The summed E-state index contributed by atoms with van der Waals surface area (Å²) in [7, 11) is 0. The van der Waals surface area contributed by atoms with Crippen molar-refractivity contribution in [2.75, 3.05) is 13.2 Å². The van der Waals surface area contributed by atoms with Gasteiger partial charge in [-0.15, -0.1) is 0 Å². The van der Waals surface area contributed by atoms with Gasteiger partial charge in [-0.2, -0.15) is 0 Å². The summed E-state index contributed by atoms with van der Waals surface area (Å²) in [6.45, 7) is 6.41. The molecule has 0 spiro atoms. The van der Waals surface area contributed by atoms with Gasteiger partial charge in [0.2, 0.25) is 0 Å². The number of rotatable bonds is 45. The summed E-state index contributed by atoms with van der Waals surface area (Å²) in [5, 5.41) is 0. The Balaban J connectivity index is 4.46. The van der Waals surface area contributed by atoms with Crippen molar-refractivity contribution in [3.8, 4) is 0 Å². The third-order valence-electron chi connectivity index (χ3n) is 10.7. The molecule has 0 aliphatic carbocycles. The predicted molar refractivity (Wildman–Crippen MR) is 261 cm³/mol. The minimum absolute atomic E-state index is 0.0947. The number of allylic oxidation sites excluding steroid dienone is 12. The van der Waals surface area contributed by atoms with E-state index in [4.69, 9.17) is 14.2 Å². The molecule has 0 aromatic carbocycles. The number of unbranched alkanes of at least 4 members (excludes halogenated alkanes) is 22. The van der Waals surface area contributed by atoms with Crippen LogP contribution >= 0.6 is 0 Å². The van der Waals surface area contributed by atoms with Gasteiger partial charge in [-0.05, 0) is 83.5 Å². The summed E-state index contributed by atoms with van der Waals surface area (Å²) >= 11 is 0. The van der Waals surface area contributed by atoms with Gasteiger partial charge in [0, 0.05) is 19.3 Å². The van der Waals surface area contributed by atoms with Gasteiger partial charge in [-0.1, -0.05) is 209 Å². The van der Waals surface area contributed by atoms with Gasteiger partial charge in [-0.25, -0.2) is 0 Å². The van der Waals surface area contributed by atoms with E-state index in [1.54, 1.807) is 0 Å². The zero-order valence-corrected chi connectivity index (χ0v) is 39.9. The van der Waals surface area contributed by atoms with Crippen LogP contribution < -0.4 is 0 Å². The number of carbonyl (C=O) groups excluding carboxylic acids is 3. The lowest BCUT2D eigenvalue weighted by atomic mass is 10.0. The predicted octanol–water partition coefficient (Wildman–Crippen LogP) is 16.6. The highest BCUT2D eigenvalue weighted by atomic mass is 16.6. The molecule has 0 amide bonds. The second-order valence-corrected chi connectivity index (χ2v) is 16.7. The lowest BCUT2D eigenvalue weighted by molar-refractivity contribution is -0.167. The van der Waals surface area contributed by atoms with Crippen molar-refractivity contribution in [2.45, 2.75) is 245 Å². The first-order chi connectivity index (χ1) is 30.0. The molecule has 6 nitrogen and oxygen atoms in total. The van der Waals surface area contributed by atoms with E-state index >= 15 is 0 Å². The summed E-state index contributed by atoms with van der Waals surface area (Å²) in [6, 6.07) is 0. The summed E-state index contributed by atoms with van der Waals surface area (Å²) in [5.41, 5.74) is 0. The summed E-state index contributed by atoms with van der Waals surface area (Å²) < 4.78 is 16.7. The van der Waals surface area contributed by atoms with Crippen molar-refractivity contribution < 1.29 is 28.6 Å². The molecule has 0 heterocycles.